The van der Waals surface area contributed by atoms with Crippen LogP contribution in [0.15, 0.2) is 0 Å². The molecule has 104 valence electrons. The van der Waals surface area contributed by atoms with E-state index in [0.29, 0.717) is 0 Å². The second kappa shape index (κ2) is 6.85. The molecule has 1 heterocycles. The van der Waals surface area contributed by atoms with Crippen LogP contribution in [0.3, 0.4) is 0 Å². The molecule has 2 N–H and O–H groups in total. The van der Waals surface area contributed by atoms with E-state index in [9.17, 15) is 14.7 Å². The highest BCUT2D eigenvalue weighted by Crippen LogP contribution is 2.15. The highest BCUT2D eigenvalue weighted by molar-refractivity contribution is 5.88. The van der Waals surface area contributed by atoms with Crippen LogP contribution in [-0.4, -0.2) is 53.5 Å². The van der Waals surface area contributed by atoms with Gasteiger partial charge in [-0.2, -0.15) is 0 Å². The van der Waals surface area contributed by atoms with Crippen LogP contribution < -0.4 is 5.32 Å². The lowest BCUT2D eigenvalue weighted by Crippen LogP contribution is -2.48. The van der Waals surface area contributed by atoms with Gasteiger partial charge < -0.3 is 10.4 Å². The summed E-state index contributed by atoms with van der Waals surface area (Å²) in [6.07, 6.45) is 1.95. The average Bonchev–Trinajstić information content (AvgIpc) is 2.72. The lowest BCUT2D eigenvalue weighted by atomic mass is 10.0. The van der Waals surface area contributed by atoms with Gasteiger partial charge in [0.05, 0.1) is 19.2 Å². The number of nitrogens with zero attached hydrogens (tertiary/aromatic N) is 1. The van der Waals surface area contributed by atoms with E-state index in [2.05, 4.69) is 5.32 Å². The van der Waals surface area contributed by atoms with Crippen molar-refractivity contribution in [3.05, 3.63) is 0 Å². The van der Waals surface area contributed by atoms with Gasteiger partial charge >= 0.3 is 0 Å². The molecule has 1 amide bonds. The van der Waals surface area contributed by atoms with E-state index in [0.717, 1.165) is 19.4 Å². The topological polar surface area (TPSA) is 69.6 Å². The van der Waals surface area contributed by atoms with Gasteiger partial charge in [-0.15, -0.1) is 0 Å². The SMILES string of the molecule is CC(=O)C(NC(=O)CN1CCCC1CO)C(C)C. The number of hydrogen-bond donors (Lipinski definition) is 2. The predicted molar refractivity (Wildman–Crippen MR) is 69.1 cm³/mol. The fraction of sp³-hybridized carbons (Fsp3) is 0.846. The minimum Gasteiger partial charge on any atom is -0.395 e. The number of Topliss-reactive ketones (excluding diaryl/α,β-unsaturated/α-hetero) is 1. The molecule has 0 aromatic heterocycles. The monoisotopic (exact) mass is 256 g/mol. The summed E-state index contributed by atoms with van der Waals surface area (Å²) in [5.74, 6) is -0.0543. The molecule has 0 radical (unpaired) electrons. The summed E-state index contributed by atoms with van der Waals surface area (Å²) in [6.45, 7) is 6.52. The molecule has 5 heteroatoms. The van der Waals surface area contributed by atoms with Gasteiger partial charge in [0.15, 0.2) is 5.78 Å². The third kappa shape index (κ3) is 4.07. The zero-order valence-corrected chi connectivity index (χ0v) is 11.5. The van der Waals surface area contributed by atoms with Gasteiger partial charge in [0, 0.05) is 6.04 Å². The number of carbonyl (C=O) groups is 2. The zero-order valence-electron chi connectivity index (χ0n) is 11.5. The van der Waals surface area contributed by atoms with E-state index in [1.807, 2.05) is 18.7 Å². The number of hydrogen-bond acceptors (Lipinski definition) is 4. The molecule has 0 aromatic carbocycles. The van der Waals surface area contributed by atoms with Gasteiger partial charge in [0.1, 0.15) is 0 Å². The molecule has 0 aromatic rings. The molecule has 1 rings (SSSR count). The van der Waals surface area contributed by atoms with Crippen molar-refractivity contribution in [3.63, 3.8) is 0 Å². The molecule has 0 spiro atoms. The lowest BCUT2D eigenvalue weighted by Gasteiger charge is -2.24. The molecular weight excluding hydrogens is 232 g/mol. The summed E-state index contributed by atoms with van der Waals surface area (Å²) in [7, 11) is 0. The first-order chi connectivity index (χ1) is 8.45. The minimum absolute atomic E-state index is 0.0153. The van der Waals surface area contributed by atoms with Crippen LogP contribution >= 0.6 is 0 Å². The molecule has 1 aliphatic heterocycles. The van der Waals surface area contributed by atoms with Gasteiger partial charge in [-0.1, -0.05) is 13.8 Å². The Hall–Kier alpha value is -0.940. The van der Waals surface area contributed by atoms with Gasteiger partial charge in [0.25, 0.3) is 0 Å². The molecular formula is C13H24N2O3. The van der Waals surface area contributed by atoms with Gasteiger partial charge in [-0.25, -0.2) is 0 Å². The second-order valence-electron chi connectivity index (χ2n) is 5.35. The smallest absolute Gasteiger partial charge is 0.234 e. The van der Waals surface area contributed by atoms with Crippen molar-refractivity contribution in [2.45, 2.75) is 45.7 Å². The largest absolute Gasteiger partial charge is 0.395 e. The van der Waals surface area contributed by atoms with Crippen molar-refractivity contribution < 1.29 is 14.7 Å². The maximum atomic E-state index is 11.9. The Balaban J connectivity index is 2.47. The first-order valence-electron chi connectivity index (χ1n) is 6.60. The van der Waals surface area contributed by atoms with E-state index >= 15 is 0 Å². The lowest BCUT2D eigenvalue weighted by molar-refractivity contribution is -0.128. The maximum absolute atomic E-state index is 11.9. The Bertz CT molecular complexity index is 305. The average molecular weight is 256 g/mol. The van der Waals surface area contributed by atoms with Gasteiger partial charge in [0.2, 0.25) is 5.91 Å². The third-order valence-corrected chi connectivity index (χ3v) is 3.48. The van der Waals surface area contributed by atoms with Crippen LogP contribution in [-0.2, 0) is 9.59 Å². The van der Waals surface area contributed by atoms with Gasteiger partial charge in [-0.05, 0) is 32.2 Å². The minimum atomic E-state index is -0.410. The van der Waals surface area contributed by atoms with Crippen LogP contribution in [0, 0.1) is 5.92 Å². The Morgan fingerprint density at radius 2 is 2.11 bits per heavy atom. The molecule has 1 fully saturated rings. The number of carbonyl (C=O) groups excluding carboxylic acids is 2. The molecule has 1 aliphatic rings. The van der Waals surface area contributed by atoms with E-state index in [1.165, 1.54) is 6.92 Å². The summed E-state index contributed by atoms with van der Waals surface area (Å²) < 4.78 is 0. The fourth-order valence-corrected chi connectivity index (χ4v) is 2.45. The van der Waals surface area contributed by atoms with Gasteiger partial charge in [-0.3, -0.25) is 14.5 Å². The number of rotatable bonds is 6. The molecule has 0 saturated carbocycles. The normalized spacial score (nSPS) is 22.2. The summed E-state index contributed by atoms with van der Waals surface area (Å²) in [4.78, 5) is 25.3. The van der Waals surface area contributed by atoms with Crippen molar-refractivity contribution in [1.29, 1.82) is 0 Å². The Morgan fingerprint density at radius 1 is 1.44 bits per heavy atom. The summed E-state index contributed by atoms with van der Waals surface area (Å²) in [5, 5.41) is 12.0. The van der Waals surface area contributed by atoms with Crippen molar-refractivity contribution in [2.24, 2.45) is 5.92 Å². The Kier molecular flexibility index (Phi) is 5.75. The van der Waals surface area contributed by atoms with E-state index in [-0.39, 0.29) is 36.8 Å². The number of aliphatic hydroxyl groups excluding tert-OH is 1. The number of nitrogens with one attached hydrogen (secondary N) is 1. The molecule has 0 aliphatic carbocycles. The van der Waals surface area contributed by atoms with Crippen LogP contribution in [0.2, 0.25) is 0 Å². The molecule has 1 saturated heterocycles. The first kappa shape index (κ1) is 15.1. The molecule has 18 heavy (non-hydrogen) atoms. The highest BCUT2D eigenvalue weighted by atomic mass is 16.3. The summed E-state index contributed by atoms with van der Waals surface area (Å²) in [6, 6.07) is -0.321. The Morgan fingerprint density at radius 3 is 2.61 bits per heavy atom. The number of aliphatic hydroxyl groups is 1. The standard InChI is InChI=1S/C13H24N2O3/c1-9(2)13(10(3)17)14-12(18)7-15-6-4-5-11(15)8-16/h9,11,13,16H,4-8H2,1-3H3,(H,14,18). The van der Waals surface area contributed by atoms with Crippen molar-refractivity contribution in [2.75, 3.05) is 19.7 Å². The van der Waals surface area contributed by atoms with Crippen LogP contribution in [0.5, 0.6) is 0 Å². The first-order valence-corrected chi connectivity index (χ1v) is 6.60. The number of ketones is 1. The maximum Gasteiger partial charge on any atom is 0.234 e. The summed E-state index contributed by atoms with van der Waals surface area (Å²) >= 11 is 0. The number of likely N-dealkylation sites (tertiary alicyclic amines) is 1. The molecule has 2 atom stereocenters. The Labute approximate surface area is 109 Å². The zero-order chi connectivity index (χ0) is 13.7. The van der Waals surface area contributed by atoms with Crippen molar-refractivity contribution in [3.8, 4) is 0 Å². The third-order valence-electron chi connectivity index (χ3n) is 3.48. The van der Waals surface area contributed by atoms with Crippen molar-refractivity contribution >= 4 is 11.7 Å². The quantitative estimate of drug-likeness (QED) is 0.711. The van der Waals surface area contributed by atoms with Crippen LogP contribution in [0.4, 0.5) is 0 Å². The summed E-state index contributed by atoms with van der Waals surface area (Å²) in [5.41, 5.74) is 0. The van der Waals surface area contributed by atoms with Crippen LogP contribution in [0.1, 0.15) is 33.6 Å². The van der Waals surface area contributed by atoms with Crippen molar-refractivity contribution in [1.82, 2.24) is 10.2 Å². The van der Waals surface area contributed by atoms with Crippen LogP contribution in [0.25, 0.3) is 0 Å². The van der Waals surface area contributed by atoms with E-state index in [1.54, 1.807) is 0 Å². The molecule has 0 bridgehead atoms. The number of amides is 1. The molecule has 5 nitrogen and oxygen atoms in total. The van der Waals surface area contributed by atoms with E-state index < -0.39 is 6.04 Å². The second-order valence-corrected chi connectivity index (χ2v) is 5.35. The predicted octanol–water partition coefficient (Wildman–Crippen LogP) is 0.173. The highest BCUT2D eigenvalue weighted by Gasteiger charge is 2.27. The molecule has 2 unspecified atom stereocenters. The van der Waals surface area contributed by atoms with E-state index in [4.69, 9.17) is 0 Å². The fourth-order valence-electron chi connectivity index (χ4n) is 2.45.